The lowest BCUT2D eigenvalue weighted by Crippen LogP contribution is -2.21. The minimum absolute atomic E-state index is 0.502. The highest BCUT2D eigenvalue weighted by Crippen LogP contribution is 2.16. The summed E-state index contributed by atoms with van der Waals surface area (Å²) in [5, 5.41) is 6.67. The van der Waals surface area contributed by atoms with Gasteiger partial charge in [0.25, 0.3) is 0 Å². The summed E-state index contributed by atoms with van der Waals surface area (Å²) < 4.78 is 5.98. The largest absolute Gasteiger partial charge is 0.493 e. The fraction of sp³-hybridized carbons (Fsp3) is 0.346. The van der Waals surface area contributed by atoms with Gasteiger partial charge in [0.05, 0.1) is 12.3 Å². The molecule has 3 rings (SSSR count). The number of benzene rings is 1. The van der Waals surface area contributed by atoms with E-state index in [1.807, 2.05) is 26.1 Å². The predicted molar refractivity (Wildman–Crippen MR) is 130 cm³/mol. The van der Waals surface area contributed by atoms with E-state index in [2.05, 4.69) is 77.2 Å². The standard InChI is InChI=1S/C26H34N4O/c1-21(27-2)16-26-23-11-9-13-25(18-23)31-15-8-4-7-14-30(3)19-22-10-5-6-12-24(17-22)28-20-29-26/h4-5,7,9-13,16-18,27-28H,6,8,14-15,19-20H2,1-3H3/b7-4+,21-16-,29-26+. The molecule has 2 aliphatic rings. The van der Waals surface area contributed by atoms with E-state index < -0.39 is 0 Å². The van der Waals surface area contributed by atoms with Crippen LogP contribution in [0.4, 0.5) is 0 Å². The molecule has 0 saturated heterocycles. The lowest BCUT2D eigenvalue weighted by molar-refractivity contribution is 0.324. The van der Waals surface area contributed by atoms with Gasteiger partial charge in [0.1, 0.15) is 12.4 Å². The maximum Gasteiger partial charge on any atom is 0.119 e. The molecule has 0 amide bonds. The zero-order chi connectivity index (χ0) is 21.9. The third-order valence-electron chi connectivity index (χ3n) is 5.15. The number of ether oxygens (including phenoxy) is 1. The second kappa shape index (κ2) is 12.0. The van der Waals surface area contributed by atoms with Gasteiger partial charge in [-0.2, -0.15) is 0 Å². The highest BCUT2D eigenvalue weighted by atomic mass is 16.5. The molecule has 0 saturated carbocycles. The highest BCUT2D eigenvalue weighted by Gasteiger charge is 2.06. The summed E-state index contributed by atoms with van der Waals surface area (Å²) in [5.41, 5.74) is 5.42. The number of hydrogen-bond donors (Lipinski definition) is 2. The predicted octanol–water partition coefficient (Wildman–Crippen LogP) is 4.19. The van der Waals surface area contributed by atoms with Crippen molar-refractivity contribution in [1.29, 1.82) is 0 Å². The molecule has 1 heterocycles. The lowest BCUT2D eigenvalue weighted by Gasteiger charge is -2.16. The molecular formula is C26H34N4O. The van der Waals surface area contributed by atoms with Gasteiger partial charge in [-0.05, 0) is 56.7 Å². The van der Waals surface area contributed by atoms with Crippen LogP contribution in [0.2, 0.25) is 0 Å². The first-order valence-electron chi connectivity index (χ1n) is 10.9. The number of allylic oxidation sites excluding steroid dienone is 5. The molecule has 1 aromatic carbocycles. The zero-order valence-electron chi connectivity index (χ0n) is 18.9. The van der Waals surface area contributed by atoms with Crippen LogP contribution in [0.3, 0.4) is 0 Å². The van der Waals surface area contributed by atoms with Gasteiger partial charge >= 0.3 is 0 Å². The Balaban J connectivity index is 1.89. The minimum Gasteiger partial charge on any atom is -0.493 e. The second-order valence-corrected chi connectivity index (χ2v) is 7.81. The Labute approximate surface area is 186 Å². The van der Waals surface area contributed by atoms with Crippen LogP contribution in [0.25, 0.3) is 0 Å². The summed E-state index contributed by atoms with van der Waals surface area (Å²) in [6, 6.07) is 8.16. The summed E-state index contributed by atoms with van der Waals surface area (Å²) in [4.78, 5) is 7.17. The van der Waals surface area contributed by atoms with Crippen LogP contribution >= 0.6 is 0 Å². The van der Waals surface area contributed by atoms with Gasteiger partial charge in [-0.1, -0.05) is 42.5 Å². The molecule has 1 aromatic rings. The fourth-order valence-corrected chi connectivity index (χ4v) is 3.39. The molecule has 0 fully saturated rings. The minimum atomic E-state index is 0.502. The molecule has 0 unspecified atom stereocenters. The average molecular weight is 419 g/mol. The Hall–Kier alpha value is -3.05. The summed E-state index contributed by atoms with van der Waals surface area (Å²) in [6.45, 7) is 5.02. The average Bonchev–Trinajstić information content (AvgIpc) is 2.99. The molecule has 4 bridgehead atoms. The van der Waals surface area contributed by atoms with Crippen LogP contribution in [0.1, 0.15) is 25.3 Å². The molecule has 0 aromatic heterocycles. The molecule has 5 heteroatoms. The van der Waals surface area contributed by atoms with Gasteiger partial charge < -0.3 is 15.4 Å². The van der Waals surface area contributed by atoms with Gasteiger partial charge in [0, 0.05) is 37.1 Å². The maximum atomic E-state index is 5.98. The first-order valence-corrected chi connectivity index (χ1v) is 10.9. The molecule has 5 nitrogen and oxygen atoms in total. The maximum absolute atomic E-state index is 5.98. The van der Waals surface area contributed by atoms with Crippen LogP contribution in [0.5, 0.6) is 5.75 Å². The van der Waals surface area contributed by atoms with Gasteiger partial charge in [-0.25, -0.2) is 0 Å². The van der Waals surface area contributed by atoms with E-state index in [1.165, 1.54) is 5.57 Å². The first-order chi connectivity index (χ1) is 15.1. The number of rotatable bonds is 2. The van der Waals surface area contributed by atoms with Gasteiger partial charge in [0.2, 0.25) is 0 Å². The quantitative estimate of drug-likeness (QED) is 0.707. The number of nitrogens with zero attached hydrogens (tertiary/aromatic N) is 2. The lowest BCUT2D eigenvalue weighted by atomic mass is 10.1. The van der Waals surface area contributed by atoms with Crippen molar-refractivity contribution in [3.63, 3.8) is 0 Å². The smallest absolute Gasteiger partial charge is 0.119 e. The van der Waals surface area contributed by atoms with E-state index in [0.717, 1.165) is 54.3 Å². The van der Waals surface area contributed by atoms with Crippen LogP contribution in [0.15, 0.2) is 88.8 Å². The van der Waals surface area contributed by atoms with Crippen molar-refractivity contribution in [3.05, 3.63) is 89.3 Å². The van der Waals surface area contributed by atoms with Gasteiger partial charge in [-0.3, -0.25) is 9.89 Å². The van der Waals surface area contributed by atoms with E-state index in [4.69, 9.17) is 9.73 Å². The van der Waals surface area contributed by atoms with Gasteiger partial charge in [-0.15, -0.1) is 0 Å². The van der Waals surface area contributed by atoms with E-state index >= 15 is 0 Å². The monoisotopic (exact) mass is 418 g/mol. The van der Waals surface area contributed by atoms with Crippen molar-refractivity contribution in [1.82, 2.24) is 15.5 Å². The summed E-state index contributed by atoms with van der Waals surface area (Å²) >= 11 is 0. The topological polar surface area (TPSA) is 48.9 Å². The first kappa shape index (κ1) is 22.6. The number of hydrogen-bond acceptors (Lipinski definition) is 5. The third-order valence-corrected chi connectivity index (χ3v) is 5.15. The summed E-state index contributed by atoms with van der Waals surface area (Å²) in [7, 11) is 4.07. The highest BCUT2D eigenvalue weighted by molar-refractivity contribution is 6.09. The van der Waals surface area contributed by atoms with Gasteiger partial charge in [0.15, 0.2) is 0 Å². The Kier molecular flexibility index (Phi) is 8.73. The Morgan fingerprint density at radius 1 is 1.26 bits per heavy atom. The summed E-state index contributed by atoms with van der Waals surface area (Å²) in [6.07, 6.45) is 17.2. The molecule has 31 heavy (non-hydrogen) atoms. The van der Waals surface area contributed by atoms with Crippen molar-refractivity contribution in [3.8, 4) is 5.75 Å². The number of likely N-dealkylation sites (N-methyl/N-ethyl adjacent to an activating group) is 1. The van der Waals surface area contributed by atoms with Crippen LogP contribution in [-0.2, 0) is 0 Å². The van der Waals surface area contributed by atoms with E-state index in [-0.39, 0.29) is 0 Å². The molecular weight excluding hydrogens is 384 g/mol. The van der Waals surface area contributed by atoms with E-state index in [9.17, 15) is 0 Å². The molecule has 0 atom stereocenters. The molecule has 2 N–H and O–H groups in total. The number of nitrogens with one attached hydrogen (secondary N) is 2. The second-order valence-electron chi connectivity index (χ2n) is 7.81. The van der Waals surface area contributed by atoms with Crippen molar-refractivity contribution in [2.24, 2.45) is 4.99 Å². The normalized spacial score (nSPS) is 21.6. The third kappa shape index (κ3) is 7.61. The molecule has 164 valence electrons. The summed E-state index contributed by atoms with van der Waals surface area (Å²) in [5.74, 6) is 0.866. The van der Waals surface area contributed by atoms with Crippen LogP contribution < -0.4 is 15.4 Å². The van der Waals surface area contributed by atoms with Crippen LogP contribution in [0, 0.1) is 0 Å². The van der Waals surface area contributed by atoms with Crippen molar-refractivity contribution >= 4 is 5.71 Å². The van der Waals surface area contributed by atoms with E-state index in [0.29, 0.717) is 13.3 Å². The Morgan fingerprint density at radius 2 is 2.16 bits per heavy atom. The van der Waals surface area contributed by atoms with E-state index in [1.54, 1.807) is 0 Å². The van der Waals surface area contributed by atoms with Crippen LogP contribution in [-0.4, -0.2) is 51.1 Å². The SMILES string of the molecule is CN/C(C)=C\C1=N/CNC2=CCC=CC(=C2)CN(C)C/C=C/CCOc2cccc1c2. The Morgan fingerprint density at radius 3 is 3.03 bits per heavy atom. The number of fused-ring (bicyclic) bond motifs is 3. The van der Waals surface area contributed by atoms with Crippen molar-refractivity contribution < 1.29 is 4.74 Å². The Bertz CT molecular complexity index is 921. The molecule has 1 aliphatic heterocycles. The zero-order valence-corrected chi connectivity index (χ0v) is 18.9. The molecule has 0 spiro atoms. The number of aliphatic imine (C=N–C) groups is 1. The molecule has 1 aliphatic carbocycles. The molecule has 0 radical (unpaired) electrons. The van der Waals surface area contributed by atoms with Crippen molar-refractivity contribution in [2.45, 2.75) is 19.8 Å². The van der Waals surface area contributed by atoms with Crippen molar-refractivity contribution in [2.75, 3.05) is 40.5 Å². The fourth-order valence-electron chi connectivity index (χ4n) is 3.39.